The molecule has 1 aliphatic rings. The Hall–Kier alpha value is -2.52. The van der Waals surface area contributed by atoms with Gasteiger partial charge in [0, 0.05) is 25.4 Å². The first-order chi connectivity index (χ1) is 12.3. The van der Waals surface area contributed by atoms with Crippen LogP contribution in [0.25, 0.3) is 0 Å². The van der Waals surface area contributed by atoms with Crippen LogP contribution < -0.4 is 9.62 Å². The third kappa shape index (κ3) is 3.54. The van der Waals surface area contributed by atoms with E-state index in [1.54, 1.807) is 6.07 Å². The van der Waals surface area contributed by atoms with Gasteiger partial charge in [0.1, 0.15) is 23.1 Å². The van der Waals surface area contributed by atoms with Crippen LogP contribution in [0.1, 0.15) is 5.56 Å². The van der Waals surface area contributed by atoms with Crippen molar-refractivity contribution in [2.45, 2.75) is 11.3 Å². The number of amides is 1. The van der Waals surface area contributed by atoms with E-state index in [0.29, 0.717) is 24.7 Å². The first kappa shape index (κ1) is 18.3. The summed E-state index contributed by atoms with van der Waals surface area (Å²) in [6.07, 6.45) is 0.643. The summed E-state index contributed by atoms with van der Waals surface area (Å²) in [7, 11) is -2.83. The Labute approximate surface area is 149 Å². The highest BCUT2D eigenvalue weighted by atomic mass is 32.2. The fraction of sp³-hybridized carbons (Fsp3) is 0.235. The highest BCUT2D eigenvalue weighted by molar-refractivity contribution is 7.92. The number of carbonyl (C=O) groups excluding carboxylic acids is 1. The Kier molecular flexibility index (Phi) is 4.92. The van der Waals surface area contributed by atoms with Gasteiger partial charge in [-0.3, -0.25) is 9.52 Å². The maximum atomic E-state index is 13.8. The van der Waals surface area contributed by atoms with Gasteiger partial charge in [-0.2, -0.15) is 0 Å². The zero-order valence-electron chi connectivity index (χ0n) is 13.8. The molecule has 2 aromatic carbocycles. The average molecular weight is 382 g/mol. The van der Waals surface area contributed by atoms with Crippen molar-refractivity contribution >= 4 is 27.3 Å². The number of sulfonamides is 1. The Morgan fingerprint density at radius 1 is 1.23 bits per heavy atom. The van der Waals surface area contributed by atoms with E-state index in [2.05, 4.69) is 4.72 Å². The van der Waals surface area contributed by atoms with Crippen molar-refractivity contribution in [3.63, 3.8) is 0 Å². The van der Waals surface area contributed by atoms with Gasteiger partial charge in [-0.05, 0) is 36.2 Å². The van der Waals surface area contributed by atoms with Gasteiger partial charge in [-0.25, -0.2) is 17.2 Å². The smallest absolute Gasteiger partial charge is 0.264 e. The Morgan fingerprint density at radius 3 is 2.69 bits per heavy atom. The Bertz CT molecular complexity index is 963. The summed E-state index contributed by atoms with van der Waals surface area (Å²) in [6, 6.07) is 6.97. The third-order valence-corrected chi connectivity index (χ3v) is 5.40. The van der Waals surface area contributed by atoms with Crippen molar-refractivity contribution in [2.75, 3.05) is 29.9 Å². The lowest BCUT2D eigenvalue weighted by atomic mass is 10.1. The van der Waals surface area contributed by atoms with Crippen LogP contribution in [0.2, 0.25) is 0 Å². The van der Waals surface area contributed by atoms with Gasteiger partial charge in [0.15, 0.2) is 0 Å². The molecule has 0 unspecified atom stereocenters. The van der Waals surface area contributed by atoms with Gasteiger partial charge in [0.2, 0.25) is 0 Å². The van der Waals surface area contributed by atoms with E-state index in [1.807, 2.05) is 0 Å². The lowest BCUT2D eigenvalue weighted by Crippen LogP contribution is -2.32. The van der Waals surface area contributed by atoms with Crippen LogP contribution in [-0.4, -0.2) is 34.6 Å². The topological polar surface area (TPSA) is 75.7 Å². The predicted octanol–water partition coefficient (Wildman–Crippen LogP) is 2.30. The highest BCUT2D eigenvalue weighted by Crippen LogP contribution is 2.32. The lowest BCUT2D eigenvalue weighted by molar-refractivity contribution is -0.122. The van der Waals surface area contributed by atoms with E-state index in [9.17, 15) is 22.0 Å². The number of nitrogens with zero attached hydrogens (tertiary/aromatic N) is 1. The molecule has 26 heavy (non-hydrogen) atoms. The second-order valence-corrected chi connectivity index (χ2v) is 7.40. The molecule has 0 aliphatic carbocycles. The summed E-state index contributed by atoms with van der Waals surface area (Å²) in [5, 5.41) is 0. The molecule has 0 saturated heterocycles. The molecule has 1 aliphatic heterocycles. The van der Waals surface area contributed by atoms with Crippen LogP contribution in [0.15, 0.2) is 41.3 Å². The summed E-state index contributed by atoms with van der Waals surface area (Å²) in [4.78, 5) is 12.9. The quantitative estimate of drug-likeness (QED) is 0.861. The molecular weight excluding hydrogens is 366 g/mol. The number of hydrogen-bond acceptors (Lipinski definition) is 4. The van der Waals surface area contributed by atoms with Crippen molar-refractivity contribution in [3.8, 4) is 0 Å². The molecule has 0 atom stereocenters. The monoisotopic (exact) mass is 382 g/mol. The van der Waals surface area contributed by atoms with Gasteiger partial charge in [-0.1, -0.05) is 6.07 Å². The summed E-state index contributed by atoms with van der Waals surface area (Å²) >= 11 is 0. The minimum atomic E-state index is -4.25. The SMILES string of the molecule is COCC(=O)N1CCc2ccc(NS(=O)(=O)c3ccc(F)cc3F)cc21. The number of hydrogen-bond donors (Lipinski definition) is 1. The molecule has 0 aromatic heterocycles. The van der Waals surface area contributed by atoms with Crippen LogP contribution in [0.3, 0.4) is 0 Å². The van der Waals surface area contributed by atoms with Gasteiger partial charge in [0.25, 0.3) is 15.9 Å². The molecule has 1 heterocycles. The normalized spacial score (nSPS) is 13.6. The van der Waals surface area contributed by atoms with Crippen LogP contribution in [-0.2, 0) is 26.0 Å². The van der Waals surface area contributed by atoms with Gasteiger partial charge < -0.3 is 9.64 Å². The second-order valence-electron chi connectivity index (χ2n) is 5.75. The van der Waals surface area contributed by atoms with Crippen molar-refractivity contribution < 1.29 is 26.7 Å². The maximum Gasteiger partial charge on any atom is 0.264 e. The van der Waals surface area contributed by atoms with Gasteiger partial charge in [-0.15, -0.1) is 0 Å². The predicted molar refractivity (Wildman–Crippen MR) is 91.5 cm³/mol. The van der Waals surface area contributed by atoms with Crippen molar-refractivity contribution in [1.29, 1.82) is 0 Å². The maximum absolute atomic E-state index is 13.8. The fourth-order valence-electron chi connectivity index (χ4n) is 2.81. The molecule has 0 saturated carbocycles. The van der Waals surface area contributed by atoms with E-state index in [0.717, 1.165) is 17.7 Å². The van der Waals surface area contributed by atoms with E-state index in [1.165, 1.54) is 24.1 Å². The van der Waals surface area contributed by atoms with Crippen molar-refractivity contribution in [2.24, 2.45) is 0 Å². The zero-order valence-corrected chi connectivity index (χ0v) is 14.6. The molecule has 0 radical (unpaired) electrons. The van der Waals surface area contributed by atoms with E-state index in [-0.39, 0.29) is 18.2 Å². The highest BCUT2D eigenvalue weighted by Gasteiger charge is 2.26. The van der Waals surface area contributed by atoms with Gasteiger partial charge >= 0.3 is 0 Å². The number of fused-ring (bicyclic) bond motifs is 1. The second kappa shape index (κ2) is 7.00. The summed E-state index contributed by atoms with van der Waals surface area (Å²) in [5.74, 6) is -2.29. The minimum Gasteiger partial charge on any atom is -0.375 e. The first-order valence-corrected chi connectivity index (χ1v) is 9.20. The molecule has 6 nitrogen and oxygen atoms in total. The molecule has 0 fully saturated rings. The molecule has 0 spiro atoms. The third-order valence-electron chi connectivity index (χ3n) is 3.99. The molecule has 0 bridgehead atoms. The number of halogens is 2. The van der Waals surface area contributed by atoms with E-state index in [4.69, 9.17) is 4.74 Å². The number of ether oxygens (including phenoxy) is 1. The summed E-state index contributed by atoms with van der Waals surface area (Å²) in [5.41, 5.74) is 1.64. The van der Waals surface area contributed by atoms with Crippen molar-refractivity contribution in [3.05, 3.63) is 53.6 Å². The molecular formula is C17H16F2N2O4S. The van der Waals surface area contributed by atoms with Crippen LogP contribution in [0.5, 0.6) is 0 Å². The Balaban J connectivity index is 1.89. The van der Waals surface area contributed by atoms with Crippen molar-refractivity contribution in [1.82, 2.24) is 0 Å². The number of nitrogens with one attached hydrogen (secondary N) is 1. The number of methoxy groups -OCH3 is 1. The van der Waals surface area contributed by atoms with Crippen LogP contribution in [0.4, 0.5) is 20.2 Å². The summed E-state index contributed by atoms with van der Waals surface area (Å²) < 4.78 is 58.6. The van der Waals surface area contributed by atoms with E-state index < -0.39 is 26.6 Å². The standard InChI is InChI=1S/C17H16F2N2O4S/c1-25-10-17(22)21-7-6-11-2-4-13(9-15(11)21)20-26(23,24)16-5-3-12(18)8-14(16)19/h2-5,8-9,20H,6-7,10H2,1H3. The zero-order chi connectivity index (χ0) is 18.9. The molecule has 1 amide bonds. The van der Waals surface area contributed by atoms with Gasteiger partial charge in [0.05, 0.1) is 5.69 Å². The molecule has 138 valence electrons. The van der Waals surface area contributed by atoms with E-state index >= 15 is 0 Å². The van der Waals surface area contributed by atoms with Crippen LogP contribution >= 0.6 is 0 Å². The van der Waals surface area contributed by atoms with Crippen LogP contribution in [0, 0.1) is 11.6 Å². The number of anilines is 2. The minimum absolute atomic E-state index is 0.0871. The fourth-order valence-corrected chi connectivity index (χ4v) is 3.92. The number of carbonyl (C=O) groups is 1. The molecule has 1 N–H and O–H groups in total. The average Bonchev–Trinajstić information content (AvgIpc) is 2.97. The molecule has 2 aromatic rings. The molecule has 3 rings (SSSR count). The molecule has 9 heteroatoms. The largest absolute Gasteiger partial charge is 0.375 e. The first-order valence-electron chi connectivity index (χ1n) is 7.72. The lowest BCUT2D eigenvalue weighted by Gasteiger charge is -2.18. The Morgan fingerprint density at radius 2 is 2.00 bits per heavy atom. The number of benzene rings is 2. The summed E-state index contributed by atoms with van der Waals surface area (Å²) in [6.45, 7) is 0.385. The number of rotatable bonds is 5.